The molecule has 25 heavy (non-hydrogen) atoms. The number of hydrogen-bond donors (Lipinski definition) is 2. The maximum Gasteiger partial charge on any atom is 0.307 e. The SMILES string of the molecule is CC(CN(C)CC(=O)Nc1ncc(Cc2ccc(F)cc2)s1)C(=O)O. The molecule has 1 amide bonds. The van der Waals surface area contributed by atoms with Crippen molar-refractivity contribution in [3.05, 3.63) is 46.7 Å². The highest BCUT2D eigenvalue weighted by Crippen LogP contribution is 2.21. The lowest BCUT2D eigenvalue weighted by Crippen LogP contribution is -2.35. The number of aliphatic carboxylic acids is 1. The van der Waals surface area contributed by atoms with E-state index >= 15 is 0 Å². The largest absolute Gasteiger partial charge is 0.481 e. The molecular weight excluding hydrogens is 345 g/mol. The number of likely N-dealkylation sites (N-methyl/N-ethyl adjacent to an activating group) is 1. The summed E-state index contributed by atoms with van der Waals surface area (Å²) in [7, 11) is 1.70. The van der Waals surface area contributed by atoms with Crippen LogP contribution in [0, 0.1) is 11.7 Å². The molecule has 8 heteroatoms. The van der Waals surface area contributed by atoms with E-state index in [4.69, 9.17) is 5.11 Å². The lowest BCUT2D eigenvalue weighted by molar-refractivity contribution is -0.141. The van der Waals surface area contributed by atoms with Crippen molar-refractivity contribution in [1.29, 1.82) is 0 Å². The monoisotopic (exact) mass is 365 g/mol. The normalized spacial score (nSPS) is 12.2. The number of nitrogens with one attached hydrogen (secondary N) is 1. The quantitative estimate of drug-likeness (QED) is 0.751. The highest BCUT2D eigenvalue weighted by molar-refractivity contribution is 7.15. The summed E-state index contributed by atoms with van der Waals surface area (Å²) in [5.74, 6) is -1.96. The van der Waals surface area contributed by atoms with Gasteiger partial charge < -0.3 is 10.4 Å². The van der Waals surface area contributed by atoms with Crippen molar-refractivity contribution in [3.63, 3.8) is 0 Å². The fourth-order valence-corrected chi connectivity index (χ4v) is 3.13. The summed E-state index contributed by atoms with van der Waals surface area (Å²) < 4.78 is 12.9. The lowest BCUT2D eigenvalue weighted by Gasteiger charge is -2.17. The molecule has 2 N–H and O–H groups in total. The minimum Gasteiger partial charge on any atom is -0.481 e. The number of hydrogen-bond acceptors (Lipinski definition) is 5. The number of anilines is 1. The maximum atomic E-state index is 12.9. The molecule has 1 heterocycles. The summed E-state index contributed by atoms with van der Waals surface area (Å²) in [6.07, 6.45) is 2.30. The Morgan fingerprint density at radius 2 is 2.04 bits per heavy atom. The number of rotatable bonds is 8. The number of carbonyl (C=O) groups excluding carboxylic acids is 1. The van der Waals surface area contributed by atoms with E-state index in [-0.39, 0.29) is 24.8 Å². The number of carbonyl (C=O) groups is 2. The van der Waals surface area contributed by atoms with Crippen LogP contribution >= 0.6 is 11.3 Å². The summed E-state index contributed by atoms with van der Waals surface area (Å²) in [5.41, 5.74) is 0.963. The molecule has 0 saturated heterocycles. The zero-order valence-corrected chi connectivity index (χ0v) is 14.8. The summed E-state index contributed by atoms with van der Waals surface area (Å²) >= 11 is 1.36. The molecule has 1 atom stereocenters. The molecule has 6 nitrogen and oxygen atoms in total. The second kappa shape index (κ2) is 8.68. The Hall–Kier alpha value is -2.32. The molecule has 0 fully saturated rings. The van der Waals surface area contributed by atoms with Gasteiger partial charge in [-0.1, -0.05) is 19.1 Å². The van der Waals surface area contributed by atoms with Crippen LogP contribution in [-0.2, 0) is 16.0 Å². The highest BCUT2D eigenvalue weighted by Gasteiger charge is 2.16. The predicted octanol–water partition coefficient (Wildman–Crippen LogP) is 2.46. The van der Waals surface area contributed by atoms with Crippen molar-refractivity contribution in [2.75, 3.05) is 25.5 Å². The van der Waals surface area contributed by atoms with Crippen molar-refractivity contribution < 1.29 is 19.1 Å². The summed E-state index contributed by atoms with van der Waals surface area (Å²) in [6, 6.07) is 6.25. The second-order valence-electron chi connectivity index (χ2n) is 5.92. The smallest absolute Gasteiger partial charge is 0.307 e. The van der Waals surface area contributed by atoms with Gasteiger partial charge in [0.05, 0.1) is 12.5 Å². The van der Waals surface area contributed by atoms with Gasteiger partial charge in [-0.2, -0.15) is 0 Å². The van der Waals surface area contributed by atoms with Gasteiger partial charge in [0.25, 0.3) is 0 Å². The van der Waals surface area contributed by atoms with Crippen molar-refractivity contribution in [2.24, 2.45) is 5.92 Å². The average Bonchev–Trinajstić information content (AvgIpc) is 2.96. The molecule has 0 aliphatic heterocycles. The van der Waals surface area contributed by atoms with Crippen LogP contribution in [0.1, 0.15) is 17.4 Å². The first-order valence-corrected chi connectivity index (χ1v) is 8.55. The Morgan fingerprint density at radius 3 is 2.68 bits per heavy atom. The highest BCUT2D eigenvalue weighted by atomic mass is 32.1. The van der Waals surface area contributed by atoms with E-state index in [0.29, 0.717) is 11.6 Å². The first kappa shape index (κ1) is 19.0. The summed E-state index contributed by atoms with van der Waals surface area (Å²) in [6.45, 7) is 1.97. The minimum absolute atomic E-state index is 0.0878. The van der Waals surface area contributed by atoms with Gasteiger partial charge in [-0.3, -0.25) is 14.5 Å². The Bertz CT molecular complexity index is 733. The number of carboxylic acids is 1. The van der Waals surface area contributed by atoms with E-state index in [1.807, 2.05) is 0 Å². The summed E-state index contributed by atoms with van der Waals surface area (Å²) in [5, 5.41) is 12.1. The molecule has 0 spiro atoms. The topological polar surface area (TPSA) is 82.5 Å². The van der Waals surface area contributed by atoms with Gasteiger partial charge in [0, 0.05) is 24.0 Å². The molecule has 1 aromatic carbocycles. The molecule has 0 saturated carbocycles. The third kappa shape index (κ3) is 6.24. The molecule has 2 rings (SSSR count). The predicted molar refractivity (Wildman–Crippen MR) is 94.2 cm³/mol. The molecule has 134 valence electrons. The zero-order valence-electron chi connectivity index (χ0n) is 14.0. The molecular formula is C17H20FN3O3S. The fourth-order valence-electron chi connectivity index (χ4n) is 2.26. The van der Waals surface area contributed by atoms with Gasteiger partial charge >= 0.3 is 5.97 Å². The van der Waals surface area contributed by atoms with Crippen molar-refractivity contribution >= 4 is 28.3 Å². The van der Waals surface area contributed by atoms with E-state index in [9.17, 15) is 14.0 Å². The Balaban J connectivity index is 1.84. The molecule has 0 radical (unpaired) electrons. The summed E-state index contributed by atoms with van der Waals surface area (Å²) in [4.78, 5) is 29.6. The molecule has 1 aromatic heterocycles. The van der Waals surface area contributed by atoms with Crippen LogP contribution in [0.25, 0.3) is 0 Å². The zero-order chi connectivity index (χ0) is 18.4. The standard InChI is InChI=1S/C17H20FN3O3S/c1-11(16(23)24)9-21(2)10-15(22)20-17-19-8-14(25-17)7-12-3-5-13(18)6-4-12/h3-6,8,11H,7,9-10H2,1-2H3,(H,23,24)(H,19,20,22). The lowest BCUT2D eigenvalue weighted by atomic mass is 10.1. The average molecular weight is 365 g/mol. The first-order valence-electron chi connectivity index (χ1n) is 7.74. The second-order valence-corrected chi connectivity index (χ2v) is 7.03. The number of aromatic nitrogens is 1. The molecule has 1 unspecified atom stereocenters. The fraction of sp³-hybridized carbons (Fsp3) is 0.353. The number of amides is 1. The molecule has 0 aliphatic rings. The number of carboxylic acid groups (broad SMARTS) is 1. The third-order valence-electron chi connectivity index (χ3n) is 3.51. The van der Waals surface area contributed by atoms with Gasteiger partial charge in [-0.05, 0) is 24.7 Å². The number of halogens is 1. The van der Waals surface area contributed by atoms with Gasteiger partial charge in [-0.15, -0.1) is 11.3 Å². The van der Waals surface area contributed by atoms with E-state index in [1.54, 1.807) is 37.2 Å². The molecule has 0 bridgehead atoms. The minimum atomic E-state index is -0.891. The van der Waals surface area contributed by atoms with Crippen LogP contribution in [0.5, 0.6) is 0 Å². The maximum absolute atomic E-state index is 12.9. The number of benzene rings is 1. The van der Waals surface area contributed by atoms with Crippen molar-refractivity contribution in [3.8, 4) is 0 Å². The Kier molecular flexibility index (Phi) is 6.60. The van der Waals surface area contributed by atoms with E-state index in [2.05, 4.69) is 10.3 Å². The van der Waals surface area contributed by atoms with Crippen LogP contribution < -0.4 is 5.32 Å². The number of nitrogens with zero attached hydrogens (tertiary/aromatic N) is 2. The first-order chi connectivity index (χ1) is 11.8. The van der Waals surface area contributed by atoms with Gasteiger partial charge in [0.1, 0.15) is 5.82 Å². The van der Waals surface area contributed by atoms with Crippen molar-refractivity contribution in [1.82, 2.24) is 9.88 Å². The van der Waals surface area contributed by atoms with Crippen LogP contribution in [0.4, 0.5) is 9.52 Å². The molecule has 0 aliphatic carbocycles. The third-order valence-corrected chi connectivity index (χ3v) is 4.42. The van der Waals surface area contributed by atoms with Gasteiger partial charge in [0.2, 0.25) is 5.91 Å². The van der Waals surface area contributed by atoms with Crippen LogP contribution in [0.15, 0.2) is 30.5 Å². The van der Waals surface area contributed by atoms with E-state index in [0.717, 1.165) is 10.4 Å². The van der Waals surface area contributed by atoms with Crippen LogP contribution in [-0.4, -0.2) is 47.0 Å². The number of thiazole rings is 1. The van der Waals surface area contributed by atoms with E-state index < -0.39 is 11.9 Å². The van der Waals surface area contributed by atoms with Crippen LogP contribution in [0.3, 0.4) is 0 Å². The Morgan fingerprint density at radius 1 is 1.36 bits per heavy atom. The van der Waals surface area contributed by atoms with Gasteiger partial charge in [-0.25, -0.2) is 9.37 Å². The van der Waals surface area contributed by atoms with E-state index in [1.165, 1.54) is 23.5 Å². The van der Waals surface area contributed by atoms with Gasteiger partial charge in [0.15, 0.2) is 5.13 Å². The van der Waals surface area contributed by atoms with Crippen LogP contribution in [0.2, 0.25) is 0 Å². The van der Waals surface area contributed by atoms with Crippen molar-refractivity contribution in [2.45, 2.75) is 13.3 Å². The molecule has 2 aromatic rings. The Labute approximate surface area is 149 Å².